The van der Waals surface area contributed by atoms with Crippen LogP contribution in [0.4, 0.5) is 0 Å². The summed E-state index contributed by atoms with van der Waals surface area (Å²) in [4.78, 5) is 0. The van der Waals surface area contributed by atoms with E-state index in [0.29, 0.717) is 24.1 Å². The molecule has 0 saturated heterocycles. The molecule has 1 aliphatic rings. The lowest BCUT2D eigenvalue weighted by Gasteiger charge is -2.14. The second-order valence-electron chi connectivity index (χ2n) is 5.60. The lowest BCUT2D eigenvalue weighted by atomic mass is 10.1. The molecule has 0 fully saturated rings. The average Bonchev–Trinajstić information content (AvgIpc) is 2.96. The van der Waals surface area contributed by atoms with Crippen LogP contribution in [0.1, 0.15) is 16.7 Å². The summed E-state index contributed by atoms with van der Waals surface area (Å²) >= 11 is 0. The monoisotopic (exact) mass is 299 g/mol. The summed E-state index contributed by atoms with van der Waals surface area (Å²) < 4.78 is 10.4. The fourth-order valence-electron chi connectivity index (χ4n) is 3.02. The Kier molecular flexibility index (Phi) is 4.20. The summed E-state index contributed by atoms with van der Waals surface area (Å²) in [6.07, 6.45) is 2.12. The highest BCUT2D eigenvalue weighted by Gasteiger charge is 2.20. The van der Waals surface area contributed by atoms with Gasteiger partial charge in [-0.3, -0.25) is 0 Å². The van der Waals surface area contributed by atoms with Crippen molar-refractivity contribution in [1.82, 2.24) is 5.32 Å². The third-order valence-electron chi connectivity index (χ3n) is 4.19. The molecule has 2 aromatic carbocycles. The van der Waals surface area contributed by atoms with Gasteiger partial charge in [0.2, 0.25) is 5.75 Å². The normalized spacial score (nSPS) is 13.9. The molecule has 0 aliphatic heterocycles. The summed E-state index contributed by atoms with van der Waals surface area (Å²) in [5.41, 5.74) is 3.89. The third-order valence-corrected chi connectivity index (χ3v) is 4.19. The highest BCUT2D eigenvalue weighted by atomic mass is 16.5. The zero-order valence-electron chi connectivity index (χ0n) is 12.9. The van der Waals surface area contributed by atoms with Crippen molar-refractivity contribution < 1.29 is 14.6 Å². The van der Waals surface area contributed by atoms with Crippen molar-refractivity contribution in [2.24, 2.45) is 0 Å². The molecule has 0 amide bonds. The van der Waals surface area contributed by atoms with Gasteiger partial charge < -0.3 is 19.9 Å². The molecule has 0 radical (unpaired) electrons. The Morgan fingerprint density at radius 2 is 1.59 bits per heavy atom. The van der Waals surface area contributed by atoms with Gasteiger partial charge in [-0.15, -0.1) is 0 Å². The minimum atomic E-state index is 0.0435. The smallest absolute Gasteiger partial charge is 0.200 e. The van der Waals surface area contributed by atoms with E-state index in [1.54, 1.807) is 14.2 Å². The van der Waals surface area contributed by atoms with Crippen LogP contribution in [-0.4, -0.2) is 25.4 Å². The van der Waals surface area contributed by atoms with Gasteiger partial charge in [0.1, 0.15) is 0 Å². The Bertz CT molecular complexity index is 619. The minimum Gasteiger partial charge on any atom is -0.502 e. The zero-order valence-corrected chi connectivity index (χ0v) is 12.9. The van der Waals surface area contributed by atoms with Crippen LogP contribution in [-0.2, 0) is 19.4 Å². The Morgan fingerprint density at radius 1 is 1.05 bits per heavy atom. The van der Waals surface area contributed by atoms with E-state index in [0.717, 1.165) is 18.4 Å². The first-order chi connectivity index (χ1) is 10.7. The first kappa shape index (κ1) is 14.7. The molecule has 0 atom stereocenters. The fraction of sp³-hybridized carbons (Fsp3) is 0.333. The molecule has 3 rings (SSSR count). The first-order valence-corrected chi connectivity index (χ1v) is 7.45. The Labute approximate surface area is 130 Å². The van der Waals surface area contributed by atoms with Crippen molar-refractivity contribution in [1.29, 1.82) is 0 Å². The number of hydrogen-bond donors (Lipinski definition) is 2. The quantitative estimate of drug-likeness (QED) is 0.891. The molecule has 0 saturated carbocycles. The van der Waals surface area contributed by atoms with E-state index < -0.39 is 0 Å². The topological polar surface area (TPSA) is 50.7 Å². The van der Waals surface area contributed by atoms with Crippen LogP contribution in [0.25, 0.3) is 0 Å². The van der Waals surface area contributed by atoms with Crippen LogP contribution < -0.4 is 14.8 Å². The van der Waals surface area contributed by atoms with Gasteiger partial charge in [0.25, 0.3) is 0 Å². The molecule has 0 aromatic heterocycles. The SMILES string of the molecule is COc1cc(CNC2Cc3ccccc3C2)cc(OC)c1O. The fourth-order valence-corrected chi connectivity index (χ4v) is 3.02. The number of hydrogen-bond acceptors (Lipinski definition) is 4. The van der Waals surface area contributed by atoms with Crippen molar-refractivity contribution in [3.05, 3.63) is 53.1 Å². The second kappa shape index (κ2) is 6.28. The Hall–Kier alpha value is -2.20. The van der Waals surface area contributed by atoms with Gasteiger partial charge >= 0.3 is 0 Å². The van der Waals surface area contributed by atoms with Crippen LogP contribution in [0.3, 0.4) is 0 Å². The number of nitrogens with one attached hydrogen (secondary N) is 1. The summed E-state index contributed by atoms with van der Waals surface area (Å²) in [7, 11) is 3.08. The molecule has 116 valence electrons. The van der Waals surface area contributed by atoms with Gasteiger partial charge in [-0.05, 0) is 41.7 Å². The van der Waals surface area contributed by atoms with Crippen molar-refractivity contribution in [3.8, 4) is 17.2 Å². The largest absolute Gasteiger partial charge is 0.502 e. The Balaban J connectivity index is 1.68. The van der Waals surface area contributed by atoms with Crippen molar-refractivity contribution in [2.45, 2.75) is 25.4 Å². The lowest BCUT2D eigenvalue weighted by molar-refractivity contribution is 0.338. The van der Waals surface area contributed by atoms with Crippen LogP contribution in [0.2, 0.25) is 0 Å². The van der Waals surface area contributed by atoms with Crippen LogP contribution in [0.15, 0.2) is 36.4 Å². The maximum absolute atomic E-state index is 9.94. The Morgan fingerprint density at radius 3 is 2.09 bits per heavy atom. The number of methoxy groups -OCH3 is 2. The van der Waals surface area contributed by atoms with Gasteiger partial charge in [0.05, 0.1) is 14.2 Å². The minimum absolute atomic E-state index is 0.0435. The number of ether oxygens (including phenoxy) is 2. The molecule has 4 nitrogen and oxygen atoms in total. The van der Waals surface area contributed by atoms with E-state index in [9.17, 15) is 5.11 Å². The van der Waals surface area contributed by atoms with Gasteiger partial charge in [0, 0.05) is 12.6 Å². The molecular weight excluding hydrogens is 278 g/mol. The maximum atomic E-state index is 9.94. The highest BCUT2D eigenvalue weighted by Crippen LogP contribution is 2.37. The molecule has 22 heavy (non-hydrogen) atoms. The molecule has 1 aliphatic carbocycles. The molecule has 0 heterocycles. The maximum Gasteiger partial charge on any atom is 0.200 e. The number of fused-ring (bicyclic) bond motifs is 1. The van der Waals surface area contributed by atoms with Crippen LogP contribution in [0, 0.1) is 0 Å². The highest BCUT2D eigenvalue weighted by molar-refractivity contribution is 5.52. The van der Waals surface area contributed by atoms with E-state index >= 15 is 0 Å². The van der Waals surface area contributed by atoms with Gasteiger partial charge in [-0.1, -0.05) is 24.3 Å². The number of aromatic hydroxyl groups is 1. The molecule has 4 heteroatoms. The second-order valence-corrected chi connectivity index (χ2v) is 5.60. The van der Waals surface area contributed by atoms with Crippen molar-refractivity contribution >= 4 is 0 Å². The summed E-state index contributed by atoms with van der Waals surface area (Å²) in [6, 6.07) is 12.7. The number of benzene rings is 2. The number of phenols is 1. The van der Waals surface area contributed by atoms with Gasteiger partial charge in [-0.25, -0.2) is 0 Å². The first-order valence-electron chi connectivity index (χ1n) is 7.45. The lowest BCUT2D eigenvalue weighted by Crippen LogP contribution is -2.28. The zero-order chi connectivity index (χ0) is 15.5. The molecule has 2 N–H and O–H groups in total. The molecule has 2 aromatic rings. The molecule has 0 bridgehead atoms. The van der Waals surface area contributed by atoms with E-state index in [2.05, 4.69) is 29.6 Å². The van der Waals surface area contributed by atoms with Crippen LogP contribution in [0.5, 0.6) is 17.2 Å². The van der Waals surface area contributed by atoms with Crippen molar-refractivity contribution in [3.63, 3.8) is 0 Å². The standard InChI is InChI=1S/C18H21NO3/c1-21-16-7-12(8-17(22-2)18(16)20)11-19-15-9-13-5-3-4-6-14(13)10-15/h3-8,15,19-20H,9-11H2,1-2H3. The summed E-state index contributed by atoms with van der Waals surface area (Å²) in [6.45, 7) is 0.714. The predicted molar refractivity (Wildman–Crippen MR) is 85.7 cm³/mol. The average molecular weight is 299 g/mol. The van der Waals surface area contributed by atoms with E-state index in [4.69, 9.17) is 9.47 Å². The molecule has 0 spiro atoms. The van der Waals surface area contributed by atoms with Crippen LogP contribution >= 0.6 is 0 Å². The van der Waals surface area contributed by atoms with E-state index in [1.165, 1.54) is 11.1 Å². The van der Waals surface area contributed by atoms with Gasteiger partial charge in [0.15, 0.2) is 11.5 Å². The van der Waals surface area contributed by atoms with Crippen molar-refractivity contribution in [2.75, 3.05) is 14.2 Å². The predicted octanol–water partition coefficient (Wildman–Crippen LogP) is 2.67. The third kappa shape index (κ3) is 2.88. The van der Waals surface area contributed by atoms with E-state index in [1.807, 2.05) is 12.1 Å². The molecular formula is C18H21NO3. The molecule has 0 unspecified atom stereocenters. The summed E-state index contributed by atoms with van der Waals surface area (Å²) in [5.74, 6) is 0.915. The summed E-state index contributed by atoms with van der Waals surface area (Å²) in [5, 5.41) is 13.5. The van der Waals surface area contributed by atoms with E-state index in [-0.39, 0.29) is 5.75 Å². The van der Waals surface area contributed by atoms with Gasteiger partial charge in [-0.2, -0.15) is 0 Å². The number of phenolic OH excluding ortho intramolecular Hbond substituents is 1. The number of rotatable bonds is 5.